The van der Waals surface area contributed by atoms with Crippen molar-refractivity contribution in [1.82, 2.24) is 4.98 Å². The molecule has 1 saturated carbocycles. The maximum absolute atomic E-state index is 12.3. The Morgan fingerprint density at radius 1 is 1.41 bits per heavy atom. The van der Waals surface area contributed by atoms with Crippen LogP contribution in [0.25, 0.3) is 0 Å². The molecule has 1 aliphatic rings. The molecule has 0 saturated heterocycles. The summed E-state index contributed by atoms with van der Waals surface area (Å²) in [6.45, 7) is 0. The molecule has 1 aliphatic carbocycles. The molecule has 0 aliphatic heterocycles. The summed E-state index contributed by atoms with van der Waals surface area (Å²) in [6, 6.07) is 2.03. The van der Waals surface area contributed by atoms with Gasteiger partial charge in [0.05, 0.1) is 11.3 Å². The minimum atomic E-state index is -4.44. The van der Waals surface area contributed by atoms with Crippen LogP contribution in [-0.4, -0.2) is 16.1 Å². The van der Waals surface area contributed by atoms with E-state index in [2.05, 4.69) is 4.98 Å². The van der Waals surface area contributed by atoms with Crippen LogP contribution in [0.3, 0.4) is 0 Å². The molecule has 0 amide bonds. The number of aromatic nitrogens is 1. The lowest BCUT2D eigenvalue weighted by Gasteiger charge is -2.12. The average molecular weight is 245 g/mol. The Hall–Kier alpha value is -1.59. The van der Waals surface area contributed by atoms with Crippen LogP contribution in [0.15, 0.2) is 18.3 Å². The van der Waals surface area contributed by atoms with Crippen LogP contribution in [0.1, 0.15) is 30.0 Å². The lowest BCUT2D eigenvalue weighted by molar-refractivity contribution is -0.139. The van der Waals surface area contributed by atoms with Crippen molar-refractivity contribution in [3.63, 3.8) is 0 Å². The van der Waals surface area contributed by atoms with Crippen LogP contribution < -0.4 is 0 Å². The SMILES string of the molecule is O=C(O)C(c1ccc(C(F)(F)F)cn1)C1CC1. The molecule has 0 bridgehead atoms. The predicted molar refractivity (Wildman–Crippen MR) is 52.3 cm³/mol. The molecule has 3 nitrogen and oxygen atoms in total. The Morgan fingerprint density at radius 2 is 2.06 bits per heavy atom. The molecule has 1 heterocycles. The average Bonchev–Trinajstić information content (AvgIpc) is 3.01. The number of carboxylic acids is 1. The van der Waals surface area contributed by atoms with Crippen molar-refractivity contribution in [3.05, 3.63) is 29.6 Å². The normalized spacial score (nSPS) is 17.8. The molecule has 17 heavy (non-hydrogen) atoms. The number of carbonyl (C=O) groups is 1. The number of hydrogen-bond donors (Lipinski definition) is 1. The van der Waals surface area contributed by atoms with Crippen molar-refractivity contribution in [3.8, 4) is 0 Å². The summed E-state index contributed by atoms with van der Waals surface area (Å²) in [5.74, 6) is -1.80. The zero-order valence-electron chi connectivity index (χ0n) is 8.74. The van der Waals surface area contributed by atoms with Crippen molar-refractivity contribution in [2.24, 2.45) is 5.92 Å². The molecular weight excluding hydrogens is 235 g/mol. The molecule has 92 valence electrons. The highest BCUT2D eigenvalue weighted by Crippen LogP contribution is 2.42. The summed E-state index contributed by atoms with van der Waals surface area (Å²) < 4.78 is 36.9. The van der Waals surface area contributed by atoms with Gasteiger partial charge in [0.25, 0.3) is 0 Å². The van der Waals surface area contributed by atoms with Gasteiger partial charge >= 0.3 is 12.1 Å². The van der Waals surface area contributed by atoms with E-state index < -0.39 is 23.6 Å². The second kappa shape index (κ2) is 4.01. The van der Waals surface area contributed by atoms with E-state index in [4.69, 9.17) is 5.11 Å². The van der Waals surface area contributed by atoms with E-state index in [-0.39, 0.29) is 11.6 Å². The van der Waals surface area contributed by atoms with Gasteiger partial charge in [-0.1, -0.05) is 0 Å². The Kier molecular flexibility index (Phi) is 2.81. The fraction of sp³-hybridized carbons (Fsp3) is 0.455. The Bertz CT molecular complexity index is 423. The molecule has 1 N–H and O–H groups in total. The molecule has 0 spiro atoms. The standard InChI is InChI=1S/C11H10F3NO2/c12-11(13,14)7-3-4-8(15-5-7)9(10(16)17)6-1-2-6/h3-6,9H,1-2H2,(H,16,17). The minimum absolute atomic E-state index is 0.0109. The highest BCUT2D eigenvalue weighted by molar-refractivity contribution is 5.76. The number of carboxylic acid groups (broad SMARTS) is 1. The summed E-state index contributed by atoms with van der Waals surface area (Å²) in [7, 11) is 0. The van der Waals surface area contributed by atoms with Crippen LogP contribution in [0, 0.1) is 5.92 Å². The van der Waals surface area contributed by atoms with E-state index in [0.717, 1.165) is 25.0 Å². The Morgan fingerprint density at radius 3 is 2.41 bits per heavy atom. The van der Waals surface area contributed by atoms with Gasteiger partial charge in [0, 0.05) is 6.20 Å². The first-order valence-electron chi connectivity index (χ1n) is 5.15. The van der Waals surface area contributed by atoms with Gasteiger partial charge in [0.15, 0.2) is 0 Å². The van der Waals surface area contributed by atoms with Crippen LogP contribution >= 0.6 is 0 Å². The van der Waals surface area contributed by atoms with Gasteiger partial charge in [-0.05, 0) is 30.9 Å². The first kappa shape index (κ1) is 11.9. The van der Waals surface area contributed by atoms with E-state index in [1.807, 2.05) is 0 Å². The molecule has 0 radical (unpaired) electrons. The molecule has 1 aromatic heterocycles. The quantitative estimate of drug-likeness (QED) is 0.890. The first-order valence-corrected chi connectivity index (χ1v) is 5.15. The molecule has 6 heteroatoms. The van der Waals surface area contributed by atoms with Crippen molar-refractivity contribution < 1.29 is 23.1 Å². The first-order chi connectivity index (χ1) is 7.89. The van der Waals surface area contributed by atoms with E-state index >= 15 is 0 Å². The van der Waals surface area contributed by atoms with Crippen LogP contribution in [0.2, 0.25) is 0 Å². The fourth-order valence-corrected chi connectivity index (χ4v) is 1.76. The summed E-state index contributed by atoms with van der Waals surface area (Å²) in [5.41, 5.74) is -0.658. The maximum atomic E-state index is 12.3. The van der Waals surface area contributed by atoms with E-state index in [1.165, 1.54) is 0 Å². The second-order valence-corrected chi connectivity index (χ2v) is 4.12. The molecule has 1 aromatic rings. The van der Waals surface area contributed by atoms with Gasteiger partial charge < -0.3 is 5.11 Å². The number of alkyl halides is 3. The molecule has 1 unspecified atom stereocenters. The van der Waals surface area contributed by atoms with Gasteiger partial charge in [-0.25, -0.2) is 0 Å². The van der Waals surface area contributed by atoms with Crippen molar-refractivity contribution >= 4 is 5.97 Å². The topological polar surface area (TPSA) is 50.2 Å². The van der Waals surface area contributed by atoms with Crippen LogP contribution in [0.4, 0.5) is 13.2 Å². The predicted octanol–water partition coefficient (Wildman–Crippen LogP) is 2.68. The van der Waals surface area contributed by atoms with Gasteiger partial charge in [0.1, 0.15) is 5.92 Å². The molecule has 0 aromatic carbocycles. The lowest BCUT2D eigenvalue weighted by Crippen LogP contribution is -2.16. The number of rotatable bonds is 3. The highest BCUT2D eigenvalue weighted by Gasteiger charge is 2.39. The largest absolute Gasteiger partial charge is 0.481 e. The number of pyridine rings is 1. The van der Waals surface area contributed by atoms with Gasteiger partial charge in [0.2, 0.25) is 0 Å². The third kappa shape index (κ3) is 2.57. The van der Waals surface area contributed by atoms with Gasteiger partial charge in [-0.15, -0.1) is 0 Å². The zero-order chi connectivity index (χ0) is 12.6. The summed E-state index contributed by atoms with van der Waals surface area (Å²) in [5, 5.41) is 9.00. The van der Waals surface area contributed by atoms with E-state index in [0.29, 0.717) is 6.20 Å². The van der Waals surface area contributed by atoms with Gasteiger partial charge in [-0.3, -0.25) is 9.78 Å². The maximum Gasteiger partial charge on any atom is 0.417 e. The summed E-state index contributed by atoms with van der Waals surface area (Å²) in [6.07, 6.45) is -2.17. The lowest BCUT2D eigenvalue weighted by atomic mass is 9.99. The monoisotopic (exact) mass is 245 g/mol. The highest BCUT2D eigenvalue weighted by atomic mass is 19.4. The third-order valence-electron chi connectivity index (χ3n) is 2.79. The van der Waals surface area contributed by atoms with E-state index in [1.54, 1.807) is 0 Å². The summed E-state index contributed by atoms with van der Waals surface area (Å²) in [4.78, 5) is 14.6. The Labute approximate surface area is 95.3 Å². The number of aliphatic carboxylic acids is 1. The van der Waals surface area contributed by atoms with Crippen molar-refractivity contribution in [2.45, 2.75) is 24.9 Å². The smallest absolute Gasteiger partial charge is 0.417 e. The van der Waals surface area contributed by atoms with Crippen molar-refractivity contribution in [2.75, 3.05) is 0 Å². The zero-order valence-corrected chi connectivity index (χ0v) is 8.74. The number of nitrogens with zero attached hydrogens (tertiary/aromatic N) is 1. The van der Waals surface area contributed by atoms with E-state index in [9.17, 15) is 18.0 Å². The van der Waals surface area contributed by atoms with Gasteiger partial charge in [-0.2, -0.15) is 13.2 Å². The second-order valence-electron chi connectivity index (χ2n) is 4.12. The third-order valence-corrected chi connectivity index (χ3v) is 2.79. The summed E-state index contributed by atoms with van der Waals surface area (Å²) >= 11 is 0. The minimum Gasteiger partial charge on any atom is -0.481 e. The molecular formula is C11H10F3NO2. The van der Waals surface area contributed by atoms with Crippen molar-refractivity contribution in [1.29, 1.82) is 0 Å². The molecule has 2 rings (SSSR count). The van der Waals surface area contributed by atoms with Crippen LogP contribution in [-0.2, 0) is 11.0 Å². The molecule has 1 atom stereocenters. The molecule has 1 fully saturated rings. The number of halogens is 3. The number of hydrogen-bond acceptors (Lipinski definition) is 2. The fourth-order valence-electron chi connectivity index (χ4n) is 1.76. The Balaban J connectivity index is 2.24. The van der Waals surface area contributed by atoms with Crippen LogP contribution in [0.5, 0.6) is 0 Å².